The summed E-state index contributed by atoms with van der Waals surface area (Å²) in [4.78, 5) is 11.4. The summed E-state index contributed by atoms with van der Waals surface area (Å²) < 4.78 is 13.6. The second-order valence-corrected chi connectivity index (χ2v) is 5.17. The summed E-state index contributed by atoms with van der Waals surface area (Å²) in [6.07, 6.45) is 0.301. The molecule has 1 unspecified atom stereocenters. The van der Waals surface area contributed by atoms with Gasteiger partial charge in [0, 0.05) is 5.02 Å². The molecule has 2 aromatic rings. The molecule has 2 rings (SSSR count). The van der Waals surface area contributed by atoms with Crippen LogP contribution in [0.4, 0.5) is 4.39 Å². The highest BCUT2D eigenvalue weighted by Gasteiger charge is 2.21. The number of aliphatic carboxylic acids is 1. The van der Waals surface area contributed by atoms with Gasteiger partial charge in [-0.3, -0.25) is 4.79 Å². The Morgan fingerprint density at radius 2 is 1.90 bits per heavy atom. The highest BCUT2D eigenvalue weighted by molar-refractivity contribution is 6.30. The van der Waals surface area contributed by atoms with E-state index >= 15 is 0 Å². The highest BCUT2D eigenvalue weighted by atomic mass is 35.5. The largest absolute Gasteiger partial charge is 0.481 e. The Balaban J connectivity index is 2.29. The molecular formula is C16H14ClFO2. The normalized spacial score (nSPS) is 12.2. The molecular weight excluding hydrogens is 279 g/mol. The van der Waals surface area contributed by atoms with E-state index in [1.165, 1.54) is 6.07 Å². The van der Waals surface area contributed by atoms with Gasteiger partial charge in [-0.15, -0.1) is 0 Å². The Morgan fingerprint density at radius 3 is 2.45 bits per heavy atom. The molecule has 0 aliphatic carbocycles. The fourth-order valence-corrected chi connectivity index (χ4v) is 2.16. The van der Waals surface area contributed by atoms with Crippen LogP contribution in [0.25, 0.3) is 0 Å². The number of benzene rings is 2. The molecule has 0 aromatic heterocycles. The third-order valence-corrected chi connectivity index (χ3v) is 3.50. The molecule has 0 aliphatic rings. The van der Waals surface area contributed by atoms with Crippen LogP contribution >= 0.6 is 11.6 Å². The zero-order valence-electron chi connectivity index (χ0n) is 10.9. The molecule has 0 spiro atoms. The molecule has 0 fully saturated rings. The monoisotopic (exact) mass is 292 g/mol. The lowest BCUT2D eigenvalue weighted by molar-refractivity contribution is -0.138. The van der Waals surface area contributed by atoms with E-state index in [0.29, 0.717) is 22.6 Å². The van der Waals surface area contributed by atoms with Crippen molar-refractivity contribution in [1.82, 2.24) is 0 Å². The topological polar surface area (TPSA) is 37.3 Å². The van der Waals surface area contributed by atoms with Gasteiger partial charge in [0.2, 0.25) is 0 Å². The molecule has 0 radical (unpaired) electrons. The molecule has 2 aromatic carbocycles. The van der Waals surface area contributed by atoms with Crippen LogP contribution in [0, 0.1) is 12.7 Å². The summed E-state index contributed by atoms with van der Waals surface area (Å²) in [7, 11) is 0. The van der Waals surface area contributed by atoms with Gasteiger partial charge in [0.05, 0.1) is 5.92 Å². The van der Waals surface area contributed by atoms with Gasteiger partial charge in [-0.05, 0) is 48.2 Å². The first-order valence-electron chi connectivity index (χ1n) is 6.20. The number of carbonyl (C=O) groups is 1. The number of carboxylic acids is 1. The number of rotatable bonds is 4. The van der Waals surface area contributed by atoms with E-state index in [9.17, 15) is 14.3 Å². The smallest absolute Gasteiger partial charge is 0.311 e. The molecule has 4 heteroatoms. The zero-order valence-corrected chi connectivity index (χ0v) is 11.7. The lowest BCUT2D eigenvalue weighted by Gasteiger charge is -2.13. The van der Waals surface area contributed by atoms with Gasteiger partial charge in [-0.2, -0.15) is 0 Å². The average molecular weight is 293 g/mol. The zero-order chi connectivity index (χ0) is 14.7. The summed E-state index contributed by atoms with van der Waals surface area (Å²) in [5.74, 6) is -2.13. The van der Waals surface area contributed by atoms with Crippen LogP contribution in [0.15, 0.2) is 42.5 Å². The van der Waals surface area contributed by atoms with Crippen molar-refractivity contribution in [1.29, 1.82) is 0 Å². The fourth-order valence-electron chi connectivity index (χ4n) is 2.03. The van der Waals surface area contributed by atoms with Crippen molar-refractivity contribution in [3.8, 4) is 0 Å². The third-order valence-electron chi connectivity index (χ3n) is 3.25. The lowest BCUT2D eigenvalue weighted by atomic mass is 9.91. The minimum atomic E-state index is -0.969. The summed E-state index contributed by atoms with van der Waals surface area (Å²) >= 11 is 5.80. The van der Waals surface area contributed by atoms with Gasteiger partial charge >= 0.3 is 5.97 Å². The summed E-state index contributed by atoms with van der Waals surface area (Å²) in [5, 5.41) is 9.95. The van der Waals surface area contributed by atoms with E-state index in [0.717, 1.165) is 5.56 Å². The minimum absolute atomic E-state index is 0.301. The summed E-state index contributed by atoms with van der Waals surface area (Å²) in [6.45, 7) is 1.65. The first-order chi connectivity index (χ1) is 9.47. The Labute approximate surface area is 121 Å². The first-order valence-corrected chi connectivity index (χ1v) is 6.58. The van der Waals surface area contributed by atoms with Crippen LogP contribution in [0.3, 0.4) is 0 Å². The summed E-state index contributed by atoms with van der Waals surface area (Å²) in [6, 6.07) is 11.5. The molecule has 20 heavy (non-hydrogen) atoms. The van der Waals surface area contributed by atoms with Gasteiger partial charge in [-0.1, -0.05) is 35.9 Å². The van der Waals surface area contributed by atoms with Crippen LogP contribution in [0.5, 0.6) is 0 Å². The van der Waals surface area contributed by atoms with Crippen molar-refractivity contribution in [3.63, 3.8) is 0 Å². The molecule has 0 heterocycles. The van der Waals surface area contributed by atoms with E-state index in [4.69, 9.17) is 11.6 Å². The van der Waals surface area contributed by atoms with Crippen LogP contribution in [0.2, 0.25) is 5.02 Å². The van der Waals surface area contributed by atoms with E-state index in [1.54, 1.807) is 43.3 Å². The van der Waals surface area contributed by atoms with Crippen LogP contribution < -0.4 is 0 Å². The highest BCUT2D eigenvalue weighted by Crippen LogP contribution is 2.24. The molecule has 1 N–H and O–H groups in total. The average Bonchev–Trinajstić information content (AvgIpc) is 2.41. The SMILES string of the molecule is Cc1ccc(C(Cc2ccc(Cl)cc2)C(=O)O)cc1F. The molecule has 2 nitrogen and oxygen atoms in total. The second kappa shape index (κ2) is 6.06. The van der Waals surface area contributed by atoms with Gasteiger partial charge in [0.15, 0.2) is 0 Å². The van der Waals surface area contributed by atoms with Crippen molar-refractivity contribution in [3.05, 3.63) is 70.0 Å². The van der Waals surface area contributed by atoms with Crippen LogP contribution in [0.1, 0.15) is 22.6 Å². The molecule has 0 saturated carbocycles. The third kappa shape index (κ3) is 3.36. The van der Waals surface area contributed by atoms with Gasteiger partial charge in [-0.25, -0.2) is 4.39 Å². The van der Waals surface area contributed by atoms with E-state index in [1.807, 2.05) is 0 Å². The Hall–Kier alpha value is -1.87. The maximum absolute atomic E-state index is 13.6. The number of halogens is 2. The Kier molecular flexibility index (Phi) is 4.40. The standard InChI is InChI=1S/C16H14ClFO2/c1-10-2-5-12(9-15(10)18)14(16(19)20)8-11-3-6-13(17)7-4-11/h2-7,9,14H,8H2,1H3,(H,19,20). The Morgan fingerprint density at radius 1 is 1.25 bits per heavy atom. The molecule has 0 aliphatic heterocycles. The number of hydrogen-bond acceptors (Lipinski definition) is 1. The summed E-state index contributed by atoms with van der Waals surface area (Å²) in [5.41, 5.74) is 1.82. The van der Waals surface area contributed by atoms with Crippen molar-refractivity contribution >= 4 is 17.6 Å². The quantitative estimate of drug-likeness (QED) is 0.917. The van der Waals surface area contributed by atoms with Crippen molar-refractivity contribution in [2.45, 2.75) is 19.3 Å². The molecule has 0 bridgehead atoms. The predicted octanol–water partition coefficient (Wildman–Crippen LogP) is 4.20. The van der Waals surface area contributed by atoms with Crippen molar-refractivity contribution < 1.29 is 14.3 Å². The molecule has 1 atom stereocenters. The van der Waals surface area contributed by atoms with Crippen LogP contribution in [-0.4, -0.2) is 11.1 Å². The number of aryl methyl sites for hydroxylation is 1. The van der Waals surface area contributed by atoms with Crippen LogP contribution in [-0.2, 0) is 11.2 Å². The number of carboxylic acid groups (broad SMARTS) is 1. The number of hydrogen-bond donors (Lipinski definition) is 1. The van der Waals surface area contributed by atoms with Gasteiger partial charge < -0.3 is 5.11 Å². The minimum Gasteiger partial charge on any atom is -0.481 e. The van der Waals surface area contributed by atoms with E-state index in [-0.39, 0.29) is 5.82 Å². The first kappa shape index (κ1) is 14.5. The molecule has 104 valence electrons. The molecule has 0 saturated heterocycles. The molecule has 0 amide bonds. The van der Waals surface area contributed by atoms with E-state index in [2.05, 4.69) is 0 Å². The predicted molar refractivity (Wildman–Crippen MR) is 76.7 cm³/mol. The van der Waals surface area contributed by atoms with E-state index < -0.39 is 11.9 Å². The second-order valence-electron chi connectivity index (χ2n) is 4.73. The van der Waals surface area contributed by atoms with Gasteiger partial charge in [0.25, 0.3) is 0 Å². The van der Waals surface area contributed by atoms with Crippen molar-refractivity contribution in [2.24, 2.45) is 0 Å². The van der Waals surface area contributed by atoms with Crippen molar-refractivity contribution in [2.75, 3.05) is 0 Å². The van der Waals surface area contributed by atoms with Gasteiger partial charge in [0.1, 0.15) is 5.82 Å². The lowest BCUT2D eigenvalue weighted by Crippen LogP contribution is -2.14. The maximum Gasteiger partial charge on any atom is 0.311 e. The maximum atomic E-state index is 13.6. The fraction of sp³-hybridized carbons (Fsp3) is 0.188. The Bertz CT molecular complexity index is 623.